The maximum absolute atomic E-state index is 13.5. The minimum absolute atomic E-state index is 0.00246. The van der Waals surface area contributed by atoms with Crippen molar-refractivity contribution in [2.45, 2.75) is 52.9 Å². The second-order valence-corrected chi connectivity index (χ2v) is 10.2. The van der Waals surface area contributed by atoms with Crippen molar-refractivity contribution in [1.82, 2.24) is 4.90 Å². The molecule has 1 fully saturated rings. The highest BCUT2D eigenvalue weighted by Gasteiger charge is 2.54. The molecule has 0 unspecified atom stereocenters. The number of hydrogen-bond acceptors (Lipinski definition) is 7. The van der Waals surface area contributed by atoms with E-state index in [0.717, 1.165) is 11.1 Å². The molecule has 0 N–H and O–H groups in total. The van der Waals surface area contributed by atoms with Crippen LogP contribution in [0.4, 0.5) is 4.79 Å². The minimum Gasteiger partial charge on any atom is -0.497 e. The van der Waals surface area contributed by atoms with Crippen molar-refractivity contribution in [1.29, 1.82) is 0 Å². The number of rotatable bonds is 8. The number of esters is 2. The fourth-order valence-electron chi connectivity index (χ4n) is 4.23. The van der Waals surface area contributed by atoms with Crippen molar-refractivity contribution in [3.8, 4) is 5.75 Å². The fraction of sp³-hybridized carbons (Fsp3) is 0.464. The fourth-order valence-corrected chi connectivity index (χ4v) is 4.23. The molecule has 2 atom stereocenters. The van der Waals surface area contributed by atoms with Crippen molar-refractivity contribution in [2.24, 2.45) is 11.3 Å². The van der Waals surface area contributed by atoms with Crippen LogP contribution < -0.4 is 4.74 Å². The third-order valence-corrected chi connectivity index (χ3v) is 6.19. The van der Waals surface area contributed by atoms with E-state index in [9.17, 15) is 14.4 Å². The predicted octanol–water partition coefficient (Wildman–Crippen LogP) is 4.75. The summed E-state index contributed by atoms with van der Waals surface area (Å²) in [4.78, 5) is 40.6. The molecule has 1 aliphatic rings. The van der Waals surface area contributed by atoms with Crippen molar-refractivity contribution in [3.63, 3.8) is 0 Å². The molecule has 8 heteroatoms. The Hall–Kier alpha value is -3.55. The maximum Gasteiger partial charge on any atom is 0.410 e. The van der Waals surface area contributed by atoms with Gasteiger partial charge in [-0.25, -0.2) is 4.79 Å². The normalized spacial score (nSPS) is 19.5. The Balaban J connectivity index is 1.74. The van der Waals surface area contributed by atoms with E-state index >= 15 is 0 Å². The number of carbonyl (C=O) groups is 3. The van der Waals surface area contributed by atoms with Gasteiger partial charge in [0.25, 0.3) is 0 Å². The van der Waals surface area contributed by atoms with E-state index in [1.54, 1.807) is 52.1 Å². The molecule has 36 heavy (non-hydrogen) atoms. The van der Waals surface area contributed by atoms with E-state index in [1.165, 1.54) is 4.90 Å². The van der Waals surface area contributed by atoms with Gasteiger partial charge in [0.05, 0.1) is 13.5 Å². The zero-order valence-electron chi connectivity index (χ0n) is 21.6. The van der Waals surface area contributed by atoms with Crippen molar-refractivity contribution < 1.29 is 33.3 Å². The molecule has 0 spiro atoms. The first kappa shape index (κ1) is 27.0. The van der Waals surface area contributed by atoms with Crippen LogP contribution in [0.5, 0.6) is 5.75 Å². The number of amides is 1. The molecule has 0 radical (unpaired) electrons. The SMILES string of the molecule is COc1ccc(COC(=O)[C@]2(CC(=O)OC(C)(C)C)CN(C(=O)OCc3ccccc3)C[C@@H]2C)cc1. The lowest BCUT2D eigenvalue weighted by Crippen LogP contribution is -2.43. The van der Waals surface area contributed by atoms with E-state index in [4.69, 9.17) is 18.9 Å². The van der Waals surface area contributed by atoms with Crippen LogP contribution in [0.2, 0.25) is 0 Å². The molecule has 1 saturated heterocycles. The maximum atomic E-state index is 13.5. The van der Waals surface area contributed by atoms with E-state index in [-0.39, 0.29) is 38.6 Å². The smallest absolute Gasteiger partial charge is 0.410 e. The van der Waals surface area contributed by atoms with Crippen LogP contribution in [-0.4, -0.2) is 48.7 Å². The minimum atomic E-state index is -1.25. The Labute approximate surface area is 212 Å². The molecule has 2 aromatic carbocycles. The highest BCUT2D eigenvalue weighted by Crippen LogP contribution is 2.41. The van der Waals surface area contributed by atoms with Gasteiger partial charge in [-0.15, -0.1) is 0 Å². The summed E-state index contributed by atoms with van der Waals surface area (Å²) in [6, 6.07) is 16.5. The summed E-state index contributed by atoms with van der Waals surface area (Å²) in [7, 11) is 1.58. The Kier molecular flexibility index (Phi) is 8.61. The van der Waals surface area contributed by atoms with Crippen LogP contribution in [0.15, 0.2) is 54.6 Å². The molecular formula is C28H35NO7. The number of benzene rings is 2. The van der Waals surface area contributed by atoms with Gasteiger partial charge in [-0.05, 0) is 49.9 Å². The molecule has 0 aromatic heterocycles. The molecule has 8 nitrogen and oxygen atoms in total. The lowest BCUT2D eigenvalue weighted by Gasteiger charge is -2.31. The molecule has 1 heterocycles. The molecule has 194 valence electrons. The summed E-state index contributed by atoms with van der Waals surface area (Å²) in [5, 5.41) is 0. The van der Waals surface area contributed by atoms with Crippen molar-refractivity contribution in [2.75, 3.05) is 20.2 Å². The molecular weight excluding hydrogens is 462 g/mol. The van der Waals surface area contributed by atoms with Crippen LogP contribution in [0.3, 0.4) is 0 Å². The van der Waals surface area contributed by atoms with Crippen molar-refractivity contribution in [3.05, 3.63) is 65.7 Å². The second kappa shape index (κ2) is 11.5. The molecule has 1 aliphatic heterocycles. The predicted molar refractivity (Wildman–Crippen MR) is 133 cm³/mol. The van der Waals surface area contributed by atoms with Crippen LogP contribution in [0.1, 0.15) is 45.2 Å². The number of ether oxygens (including phenoxy) is 4. The highest BCUT2D eigenvalue weighted by molar-refractivity contribution is 5.85. The Morgan fingerprint density at radius 3 is 2.17 bits per heavy atom. The molecule has 1 amide bonds. The summed E-state index contributed by atoms with van der Waals surface area (Å²) in [5.41, 5.74) is -0.319. The van der Waals surface area contributed by atoms with E-state index < -0.39 is 29.0 Å². The first-order valence-electron chi connectivity index (χ1n) is 12.0. The van der Waals surface area contributed by atoms with Crippen LogP contribution in [-0.2, 0) is 37.0 Å². The first-order valence-corrected chi connectivity index (χ1v) is 12.0. The Morgan fingerprint density at radius 1 is 0.944 bits per heavy atom. The Morgan fingerprint density at radius 2 is 1.56 bits per heavy atom. The van der Waals surface area contributed by atoms with Gasteiger partial charge >= 0.3 is 18.0 Å². The summed E-state index contributed by atoms with van der Waals surface area (Å²) in [5.74, 6) is -0.719. The first-order chi connectivity index (χ1) is 17.0. The average Bonchev–Trinajstić information content (AvgIpc) is 3.17. The summed E-state index contributed by atoms with van der Waals surface area (Å²) < 4.78 is 21.8. The number of likely N-dealkylation sites (tertiary alicyclic amines) is 1. The van der Waals surface area contributed by atoms with E-state index in [2.05, 4.69) is 0 Å². The van der Waals surface area contributed by atoms with E-state index in [1.807, 2.05) is 37.3 Å². The molecule has 0 bridgehead atoms. The lowest BCUT2D eigenvalue weighted by atomic mass is 9.76. The van der Waals surface area contributed by atoms with Crippen LogP contribution >= 0.6 is 0 Å². The molecule has 3 rings (SSSR count). The second-order valence-electron chi connectivity index (χ2n) is 10.2. The van der Waals surface area contributed by atoms with Crippen molar-refractivity contribution >= 4 is 18.0 Å². The number of methoxy groups -OCH3 is 1. The quantitative estimate of drug-likeness (QED) is 0.384. The lowest BCUT2D eigenvalue weighted by molar-refractivity contribution is -0.170. The third kappa shape index (κ3) is 6.99. The van der Waals surface area contributed by atoms with Gasteiger partial charge in [0.1, 0.15) is 30.0 Å². The van der Waals surface area contributed by atoms with Gasteiger partial charge in [-0.1, -0.05) is 49.4 Å². The largest absolute Gasteiger partial charge is 0.497 e. The highest BCUT2D eigenvalue weighted by atomic mass is 16.6. The van der Waals surface area contributed by atoms with Gasteiger partial charge in [0.15, 0.2) is 0 Å². The number of nitrogens with zero attached hydrogens (tertiary/aromatic N) is 1. The van der Waals surface area contributed by atoms with Gasteiger partial charge < -0.3 is 23.8 Å². The summed E-state index contributed by atoms with van der Waals surface area (Å²) in [6.45, 7) is 7.55. The standard InChI is InChI=1S/C28H35NO7/c1-20-16-29(26(32)35-18-21-9-7-6-8-10-21)19-28(20,15-24(30)36-27(2,3)4)25(31)34-17-22-11-13-23(33-5)14-12-22/h6-14,20H,15-19H2,1-5H3/t20-,28+/m0/s1. The average molecular weight is 498 g/mol. The molecule has 0 aliphatic carbocycles. The number of carbonyl (C=O) groups excluding carboxylic acids is 3. The number of hydrogen-bond donors (Lipinski definition) is 0. The van der Waals surface area contributed by atoms with Gasteiger partial charge in [-0.3, -0.25) is 9.59 Å². The Bertz CT molecular complexity index is 1050. The summed E-state index contributed by atoms with van der Waals surface area (Å²) in [6.07, 6.45) is -0.741. The van der Waals surface area contributed by atoms with Gasteiger partial charge in [0, 0.05) is 13.1 Å². The van der Waals surface area contributed by atoms with Gasteiger partial charge in [-0.2, -0.15) is 0 Å². The molecule has 0 saturated carbocycles. The van der Waals surface area contributed by atoms with Crippen LogP contribution in [0, 0.1) is 11.3 Å². The summed E-state index contributed by atoms with van der Waals surface area (Å²) >= 11 is 0. The zero-order chi connectivity index (χ0) is 26.3. The van der Waals surface area contributed by atoms with E-state index in [0.29, 0.717) is 5.75 Å². The molecule has 2 aromatic rings. The monoisotopic (exact) mass is 497 g/mol. The topological polar surface area (TPSA) is 91.4 Å². The van der Waals surface area contributed by atoms with Crippen LogP contribution in [0.25, 0.3) is 0 Å². The zero-order valence-corrected chi connectivity index (χ0v) is 21.6. The van der Waals surface area contributed by atoms with Gasteiger partial charge in [0.2, 0.25) is 0 Å². The third-order valence-electron chi connectivity index (χ3n) is 6.19.